The Labute approximate surface area is 245 Å². The molecule has 0 fully saturated rings. The van der Waals surface area contributed by atoms with Gasteiger partial charge >= 0.3 is 0 Å². The molecule has 0 aliphatic rings. The van der Waals surface area contributed by atoms with Crippen molar-refractivity contribution in [3.63, 3.8) is 0 Å². The van der Waals surface area contributed by atoms with Gasteiger partial charge in [0.05, 0.1) is 11.9 Å². The smallest absolute Gasteiger partial charge is 0.243 e. The van der Waals surface area contributed by atoms with E-state index in [-0.39, 0.29) is 37.4 Å². The van der Waals surface area contributed by atoms with Crippen LogP contribution < -0.4 is 9.62 Å². The van der Waals surface area contributed by atoms with Gasteiger partial charge in [0.25, 0.3) is 0 Å². The second-order valence-electron chi connectivity index (χ2n) is 11.0. The van der Waals surface area contributed by atoms with Crippen LogP contribution in [0.1, 0.15) is 54.5 Å². The quantitative estimate of drug-likeness (QED) is 0.298. The molecule has 1 N–H and O–H groups in total. The Balaban J connectivity index is 1.91. The average Bonchev–Trinajstić information content (AvgIpc) is 2.91. The van der Waals surface area contributed by atoms with Crippen molar-refractivity contribution in [2.75, 3.05) is 17.1 Å². The highest BCUT2D eigenvalue weighted by Crippen LogP contribution is 2.26. The predicted molar refractivity (Wildman–Crippen MR) is 166 cm³/mol. The summed E-state index contributed by atoms with van der Waals surface area (Å²) in [5.74, 6) is -0.401. The lowest BCUT2D eigenvalue weighted by Gasteiger charge is -2.33. The predicted octanol–water partition coefficient (Wildman–Crippen LogP) is 5.32. The first-order chi connectivity index (χ1) is 19.4. The van der Waals surface area contributed by atoms with E-state index in [1.165, 1.54) is 10.6 Å². The molecule has 0 unspecified atom stereocenters. The molecular weight excluding hydrogens is 534 g/mol. The molecule has 0 aliphatic heterocycles. The molecule has 0 heterocycles. The lowest BCUT2D eigenvalue weighted by atomic mass is 10.0. The van der Waals surface area contributed by atoms with Gasteiger partial charge in [0.2, 0.25) is 21.8 Å². The highest BCUT2D eigenvalue weighted by atomic mass is 32.2. The third-order valence-corrected chi connectivity index (χ3v) is 8.48. The summed E-state index contributed by atoms with van der Waals surface area (Å²) in [4.78, 5) is 29.2. The Kier molecular flexibility index (Phi) is 11.1. The third-order valence-electron chi connectivity index (χ3n) is 7.30. The first-order valence-electron chi connectivity index (χ1n) is 14.1. The van der Waals surface area contributed by atoms with E-state index in [4.69, 9.17) is 0 Å². The van der Waals surface area contributed by atoms with Gasteiger partial charge in [-0.3, -0.25) is 13.9 Å². The fraction of sp³-hybridized carbons (Fsp3) is 0.394. The molecule has 0 spiro atoms. The van der Waals surface area contributed by atoms with Gasteiger partial charge in [-0.1, -0.05) is 66.7 Å². The van der Waals surface area contributed by atoms with Crippen LogP contribution in [0.15, 0.2) is 72.8 Å². The molecule has 0 bridgehead atoms. The number of nitrogens with zero attached hydrogens (tertiary/aromatic N) is 2. The number of benzene rings is 3. The fourth-order valence-corrected chi connectivity index (χ4v) is 5.91. The summed E-state index contributed by atoms with van der Waals surface area (Å²) in [6, 6.07) is 22.3. The summed E-state index contributed by atoms with van der Waals surface area (Å²) in [7, 11) is -3.57. The molecule has 0 aromatic heterocycles. The summed E-state index contributed by atoms with van der Waals surface area (Å²) < 4.78 is 26.9. The highest BCUT2D eigenvalue weighted by Gasteiger charge is 2.31. The minimum atomic E-state index is -3.57. The third kappa shape index (κ3) is 8.92. The van der Waals surface area contributed by atoms with Crippen molar-refractivity contribution >= 4 is 27.5 Å². The Morgan fingerprint density at radius 2 is 1.49 bits per heavy atom. The van der Waals surface area contributed by atoms with Crippen LogP contribution >= 0.6 is 0 Å². The lowest BCUT2D eigenvalue weighted by molar-refractivity contribution is -0.141. The number of anilines is 1. The fourth-order valence-electron chi connectivity index (χ4n) is 4.89. The number of hydrogen-bond donors (Lipinski definition) is 1. The summed E-state index contributed by atoms with van der Waals surface area (Å²) in [6.07, 6.45) is 1.97. The first kappa shape index (κ1) is 31.9. The molecule has 7 nitrogen and oxygen atoms in total. The van der Waals surface area contributed by atoms with E-state index >= 15 is 0 Å². The van der Waals surface area contributed by atoms with E-state index in [0.717, 1.165) is 27.8 Å². The molecule has 8 heteroatoms. The molecule has 0 aliphatic carbocycles. The van der Waals surface area contributed by atoms with E-state index in [9.17, 15) is 18.0 Å². The molecule has 1 atom stereocenters. The molecule has 0 radical (unpaired) electrons. The topological polar surface area (TPSA) is 86.8 Å². The Hall–Kier alpha value is -3.65. The lowest BCUT2D eigenvalue weighted by Crippen LogP contribution is -2.52. The van der Waals surface area contributed by atoms with E-state index in [2.05, 4.69) is 5.32 Å². The van der Waals surface area contributed by atoms with Crippen LogP contribution in [0.5, 0.6) is 0 Å². The highest BCUT2D eigenvalue weighted by molar-refractivity contribution is 7.92. The van der Waals surface area contributed by atoms with Crippen LogP contribution in [-0.2, 0) is 32.6 Å². The second kappa shape index (κ2) is 14.3. The molecular formula is C33H43N3O4S. The number of rotatable bonds is 13. The van der Waals surface area contributed by atoms with Gasteiger partial charge in [-0.25, -0.2) is 8.42 Å². The maximum atomic E-state index is 13.9. The van der Waals surface area contributed by atoms with Crippen LogP contribution in [0, 0.1) is 20.8 Å². The first-order valence-corrected chi connectivity index (χ1v) is 16.0. The molecule has 2 amide bonds. The molecule has 3 aromatic rings. The minimum absolute atomic E-state index is 0.0860. The van der Waals surface area contributed by atoms with Crippen LogP contribution in [0.25, 0.3) is 0 Å². The van der Waals surface area contributed by atoms with Crippen LogP contribution in [-0.4, -0.2) is 50.0 Å². The largest absolute Gasteiger partial charge is 0.352 e. The van der Waals surface area contributed by atoms with Gasteiger partial charge in [0.1, 0.15) is 6.04 Å². The van der Waals surface area contributed by atoms with Gasteiger partial charge in [-0.2, -0.15) is 0 Å². The van der Waals surface area contributed by atoms with E-state index in [0.29, 0.717) is 18.5 Å². The van der Waals surface area contributed by atoms with Gasteiger partial charge in [0.15, 0.2) is 0 Å². The maximum Gasteiger partial charge on any atom is 0.243 e. The Morgan fingerprint density at radius 3 is 2.12 bits per heavy atom. The standard InChI is InChI=1S/C33H43N3O4S/c1-24(2)34-33(38)31(22-28-16-8-7-9-17-28)35(23-29-18-11-10-14-26(29)4)32(37)20-13-21-36(41(6,39)40)30-19-12-15-25(3)27(30)5/h7-12,14-19,24,31H,13,20-23H2,1-6H3,(H,34,38)/t31-/m1/s1. The van der Waals surface area contributed by atoms with Gasteiger partial charge < -0.3 is 10.2 Å². The molecule has 3 aromatic carbocycles. The second-order valence-corrected chi connectivity index (χ2v) is 12.9. The number of carbonyl (C=O) groups excluding carboxylic acids is 2. The van der Waals surface area contributed by atoms with Crippen molar-refractivity contribution in [3.05, 3.63) is 101 Å². The number of sulfonamides is 1. The molecule has 0 saturated heterocycles. The average molecular weight is 578 g/mol. The van der Waals surface area contributed by atoms with E-state index in [1.807, 2.05) is 101 Å². The zero-order valence-corrected chi connectivity index (χ0v) is 25.9. The number of aryl methyl sites for hydroxylation is 2. The van der Waals surface area contributed by atoms with Gasteiger partial charge in [-0.15, -0.1) is 0 Å². The van der Waals surface area contributed by atoms with Crippen molar-refractivity contribution in [1.29, 1.82) is 0 Å². The van der Waals surface area contributed by atoms with Crippen molar-refractivity contribution in [1.82, 2.24) is 10.2 Å². The number of nitrogens with one attached hydrogen (secondary N) is 1. The van der Waals surface area contributed by atoms with E-state index in [1.54, 1.807) is 11.0 Å². The molecule has 220 valence electrons. The Bertz CT molecular complexity index is 1440. The SMILES string of the molecule is Cc1ccccc1CN(C(=O)CCCN(c1cccc(C)c1C)S(C)(=O)=O)[C@H](Cc1ccccc1)C(=O)NC(C)C. The molecule has 0 saturated carbocycles. The normalized spacial score (nSPS) is 12.2. The van der Waals surface area contributed by atoms with Crippen LogP contribution in [0.2, 0.25) is 0 Å². The maximum absolute atomic E-state index is 13.9. The van der Waals surface area contributed by atoms with Crippen molar-refractivity contribution in [2.45, 2.75) is 72.5 Å². The van der Waals surface area contributed by atoms with Crippen molar-refractivity contribution < 1.29 is 18.0 Å². The van der Waals surface area contributed by atoms with Crippen LogP contribution in [0.4, 0.5) is 5.69 Å². The van der Waals surface area contributed by atoms with Crippen molar-refractivity contribution in [2.24, 2.45) is 0 Å². The summed E-state index contributed by atoms with van der Waals surface area (Å²) in [5.41, 5.74) is 5.46. The summed E-state index contributed by atoms with van der Waals surface area (Å²) in [6.45, 7) is 10.1. The summed E-state index contributed by atoms with van der Waals surface area (Å²) >= 11 is 0. The van der Waals surface area contributed by atoms with E-state index < -0.39 is 16.1 Å². The zero-order valence-electron chi connectivity index (χ0n) is 25.1. The molecule has 41 heavy (non-hydrogen) atoms. The number of carbonyl (C=O) groups is 2. The Morgan fingerprint density at radius 1 is 0.854 bits per heavy atom. The van der Waals surface area contributed by atoms with Crippen LogP contribution in [0.3, 0.4) is 0 Å². The zero-order chi connectivity index (χ0) is 30.2. The molecule has 3 rings (SSSR count). The number of amides is 2. The monoisotopic (exact) mass is 577 g/mol. The van der Waals surface area contributed by atoms with Crippen molar-refractivity contribution in [3.8, 4) is 0 Å². The summed E-state index contributed by atoms with van der Waals surface area (Å²) in [5, 5.41) is 3.01. The van der Waals surface area contributed by atoms with Gasteiger partial charge in [-0.05, 0) is 74.9 Å². The minimum Gasteiger partial charge on any atom is -0.352 e. The van der Waals surface area contributed by atoms with Gasteiger partial charge in [0, 0.05) is 32.0 Å². The number of hydrogen-bond acceptors (Lipinski definition) is 4.